The van der Waals surface area contributed by atoms with Crippen molar-refractivity contribution in [2.24, 2.45) is 0 Å². The third kappa shape index (κ3) is 3.89. The molecule has 1 heterocycles. The summed E-state index contributed by atoms with van der Waals surface area (Å²) in [5.74, 6) is 0. The summed E-state index contributed by atoms with van der Waals surface area (Å²) in [6.45, 7) is 1.16. The van der Waals surface area contributed by atoms with Gasteiger partial charge in [0, 0.05) is 26.2 Å². The number of hydrogen-bond acceptors (Lipinski definition) is 3. The Hall–Kier alpha value is -1.81. The molecule has 0 atom stereocenters. The van der Waals surface area contributed by atoms with Crippen LogP contribution in [-0.4, -0.2) is 45.5 Å². The van der Waals surface area contributed by atoms with Crippen molar-refractivity contribution in [3.63, 3.8) is 0 Å². The second kappa shape index (κ2) is 6.13. The van der Waals surface area contributed by atoms with Gasteiger partial charge in [-0.1, -0.05) is 0 Å². The van der Waals surface area contributed by atoms with Crippen molar-refractivity contribution >= 4 is 16.1 Å². The van der Waals surface area contributed by atoms with Gasteiger partial charge in [0.1, 0.15) is 0 Å². The Morgan fingerprint density at radius 2 is 1.86 bits per heavy atom. The summed E-state index contributed by atoms with van der Waals surface area (Å²) in [4.78, 5) is 12.4. The maximum Gasteiger partial charge on any atom is 0.416 e. The molecule has 0 saturated carbocycles. The molecule has 0 aliphatic carbocycles. The zero-order valence-corrected chi connectivity index (χ0v) is 12.2. The minimum atomic E-state index is -4.52. The smallest absolute Gasteiger partial charge is 0.336 e. The molecule has 0 radical (unpaired) electrons. The minimum absolute atomic E-state index is 0.0171. The van der Waals surface area contributed by atoms with Gasteiger partial charge in [0.15, 0.2) is 0 Å². The van der Waals surface area contributed by atoms with Crippen molar-refractivity contribution in [1.29, 1.82) is 0 Å². The first-order chi connectivity index (χ1) is 10.2. The van der Waals surface area contributed by atoms with E-state index in [4.69, 9.17) is 0 Å². The lowest BCUT2D eigenvalue weighted by Gasteiger charge is -2.14. The second-order valence-electron chi connectivity index (χ2n) is 4.64. The third-order valence-corrected chi connectivity index (χ3v) is 4.59. The zero-order valence-electron chi connectivity index (χ0n) is 11.4. The highest BCUT2D eigenvalue weighted by molar-refractivity contribution is 7.89. The van der Waals surface area contributed by atoms with Crippen molar-refractivity contribution in [3.05, 3.63) is 29.8 Å². The predicted molar refractivity (Wildman–Crippen MR) is 71.6 cm³/mol. The van der Waals surface area contributed by atoms with Gasteiger partial charge in [0.05, 0.1) is 10.5 Å². The van der Waals surface area contributed by atoms with Crippen molar-refractivity contribution in [3.8, 4) is 0 Å². The van der Waals surface area contributed by atoms with Gasteiger partial charge in [-0.2, -0.15) is 13.2 Å². The summed E-state index contributed by atoms with van der Waals surface area (Å²) in [5.41, 5.74) is -0.916. The van der Waals surface area contributed by atoms with Crippen molar-refractivity contribution in [1.82, 2.24) is 14.9 Å². The molecule has 1 aliphatic rings. The number of nitrogens with zero attached hydrogens (tertiary/aromatic N) is 1. The molecule has 0 spiro atoms. The highest BCUT2D eigenvalue weighted by atomic mass is 32.2. The van der Waals surface area contributed by atoms with Crippen LogP contribution >= 0.6 is 0 Å². The Labute approximate surface area is 125 Å². The number of rotatable bonds is 5. The Kier molecular flexibility index (Phi) is 4.61. The molecule has 2 rings (SSSR count). The summed E-state index contributed by atoms with van der Waals surface area (Å²) in [5, 5.41) is 2.57. The van der Waals surface area contributed by atoms with E-state index in [9.17, 15) is 26.4 Å². The average Bonchev–Trinajstić information content (AvgIpc) is 2.83. The SMILES string of the molecule is O=C1NCCN1CCNS(=O)(=O)c1ccc(C(F)(F)F)cc1. The Morgan fingerprint density at radius 3 is 2.36 bits per heavy atom. The van der Waals surface area contributed by atoms with E-state index in [2.05, 4.69) is 10.0 Å². The van der Waals surface area contributed by atoms with Crippen LogP contribution in [0.2, 0.25) is 0 Å². The number of amides is 2. The van der Waals surface area contributed by atoms with Crippen LogP contribution in [0.3, 0.4) is 0 Å². The lowest BCUT2D eigenvalue weighted by atomic mass is 10.2. The molecule has 0 bridgehead atoms. The highest BCUT2D eigenvalue weighted by Gasteiger charge is 2.30. The Balaban J connectivity index is 1.96. The molecule has 10 heteroatoms. The molecule has 1 fully saturated rings. The van der Waals surface area contributed by atoms with E-state index < -0.39 is 21.8 Å². The van der Waals surface area contributed by atoms with Crippen molar-refractivity contribution in [2.75, 3.05) is 26.2 Å². The minimum Gasteiger partial charge on any atom is -0.336 e. The first-order valence-corrected chi connectivity index (χ1v) is 7.88. The Morgan fingerprint density at radius 1 is 1.23 bits per heavy atom. The van der Waals surface area contributed by atoms with Crippen LogP contribution in [0, 0.1) is 0 Å². The van der Waals surface area contributed by atoms with E-state index in [1.54, 1.807) is 0 Å². The monoisotopic (exact) mass is 337 g/mol. The summed E-state index contributed by atoms with van der Waals surface area (Å²) >= 11 is 0. The van der Waals surface area contributed by atoms with Crippen LogP contribution in [0.4, 0.5) is 18.0 Å². The van der Waals surface area contributed by atoms with E-state index in [0.29, 0.717) is 25.2 Å². The summed E-state index contributed by atoms with van der Waals surface area (Å²) in [7, 11) is -3.91. The number of carbonyl (C=O) groups excluding carboxylic acids is 1. The number of halogens is 3. The maximum atomic E-state index is 12.4. The van der Waals surface area contributed by atoms with Gasteiger partial charge in [-0.15, -0.1) is 0 Å². The fourth-order valence-electron chi connectivity index (χ4n) is 1.95. The van der Waals surface area contributed by atoms with Gasteiger partial charge in [-0.25, -0.2) is 17.9 Å². The molecule has 1 aromatic carbocycles. The number of urea groups is 1. The van der Waals surface area contributed by atoms with Gasteiger partial charge >= 0.3 is 12.2 Å². The first kappa shape index (κ1) is 16.6. The van der Waals surface area contributed by atoms with Gasteiger partial charge in [0.25, 0.3) is 0 Å². The van der Waals surface area contributed by atoms with Gasteiger partial charge in [-0.3, -0.25) is 0 Å². The van der Waals surface area contributed by atoms with E-state index in [1.165, 1.54) is 4.90 Å². The normalized spacial score (nSPS) is 16.0. The number of hydrogen-bond donors (Lipinski definition) is 2. The average molecular weight is 337 g/mol. The molecule has 2 N–H and O–H groups in total. The standard InChI is InChI=1S/C12H14F3N3O3S/c13-12(14,15)9-1-3-10(4-2-9)22(20,21)17-6-8-18-7-5-16-11(18)19/h1-4,17H,5-8H2,(H,16,19). The van der Waals surface area contributed by atoms with Crippen LogP contribution in [0.5, 0.6) is 0 Å². The van der Waals surface area contributed by atoms with Crippen LogP contribution in [0.15, 0.2) is 29.2 Å². The second-order valence-corrected chi connectivity index (χ2v) is 6.41. The number of nitrogens with one attached hydrogen (secondary N) is 2. The lowest BCUT2D eigenvalue weighted by molar-refractivity contribution is -0.137. The molecule has 122 valence electrons. The van der Waals surface area contributed by atoms with E-state index in [1.807, 2.05) is 0 Å². The first-order valence-electron chi connectivity index (χ1n) is 6.40. The Bertz CT molecular complexity index is 644. The maximum absolute atomic E-state index is 12.4. The molecule has 1 aromatic rings. The molecule has 22 heavy (non-hydrogen) atoms. The van der Waals surface area contributed by atoms with E-state index >= 15 is 0 Å². The fraction of sp³-hybridized carbons (Fsp3) is 0.417. The lowest BCUT2D eigenvalue weighted by Crippen LogP contribution is -2.36. The molecule has 2 amide bonds. The topological polar surface area (TPSA) is 78.5 Å². The summed E-state index contributed by atoms with van der Waals surface area (Å²) in [6.07, 6.45) is -4.52. The molecule has 0 aromatic heterocycles. The number of alkyl halides is 3. The highest BCUT2D eigenvalue weighted by Crippen LogP contribution is 2.29. The van der Waals surface area contributed by atoms with Crippen molar-refractivity contribution < 1.29 is 26.4 Å². The van der Waals surface area contributed by atoms with E-state index in [-0.39, 0.29) is 24.0 Å². The third-order valence-electron chi connectivity index (χ3n) is 3.11. The van der Waals surface area contributed by atoms with Gasteiger partial charge in [-0.05, 0) is 24.3 Å². The molecule has 0 unspecified atom stereocenters. The quantitative estimate of drug-likeness (QED) is 0.842. The number of sulfonamides is 1. The van der Waals surface area contributed by atoms with Crippen LogP contribution < -0.4 is 10.0 Å². The van der Waals surface area contributed by atoms with Crippen molar-refractivity contribution in [2.45, 2.75) is 11.1 Å². The van der Waals surface area contributed by atoms with Crippen LogP contribution in [0.1, 0.15) is 5.56 Å². The van der Waals surface area contributed by atoms with Gasteiger partial charge < -0.3 is 10.2 Å². The molecule has 1 aliphatic heterocycles. The summed E-state index contributed by atoms with van der Waals surface area (Å²) < 4.78 is 63.4. The molecule has 6 nitrogen and oxygen atoms in total. The zero-order chi connectivity index (χ0) is 16.4. The number of benzene rings is 1. The molecular formula is C12H14F3N3O3S. The number of carbonyl (C=O) groups is 1. The fourth-order valence-corrected chi connectivity index (χ4v) is 2.97. The largest absolute Gasteiger partial charge is 0.416 e. The predicted octanol–water partition coefficient (Wildman–Crippen LogP) is 1.01. The summed E-state index contributed by atoms with van der Waals surface area (Å²) in [6, 6.07) is 2.94. The van der Waals surface area contributed by atoms with Crippen LogP contribution in [-0.2, 0) is 16.2 Å². The van der Waals surface area contributed by atoms with Crippen LogP contribution in [0.25, 0.3) is 0 Å². The van der Waals surface area contributed by atoms with Gasteiger partial charge in [0.2, 0.25) is 10.0 Å². The molecular weight excluding hydrogens is 323 g/mol. The molecule has 1 saturated heterocycles. The van der Waals surface area contributed by atoms with E-state index in [0.717, 1.165) is 12.1 Å².